The number of rotatable bonds is 6. The molecule has 0 aliphatic heterocycles. The summed E-state index contributed by atoms with van der Waals surface area (Å²) in [5.41, 5.74) is 5.15. The summed E-state index contributed by atoms with van der Waals surface area (Å²) in [6.45, 7) is 3.96. The van der Waals surface area contributed by atoms with Gasteiger partial charge in [-0.15, -0.1) is 0 Å². The first-order valence-electron chi connectivity index (χ1n) is 7.13. The first-order chi connectivity index (χ1) is 9.00. The lowest BCUT2D eigenvalue weighted by atomic mass is 9.80. The Morgan fingerprint density at radius 1 is 1.32 bits per heavy atom. The highest BCUT2D eigenvalue weighted by atomic mass is 32.2. The molecule has 1 rings (SSSR count). The molecule has 1 saturated carbocycles. The Morgan fingerprint density at radius 2 is 1.84 bits per heavy atom. The molecule has 3 N–H and O–H groups in total. The summed E-state index contributed by atoms with van der Waals surface area (Å²) < 4.78 is 0. The van der Waals surface area contributed by atoms with Crippen LogP contribution in [0.15, 0.2) is 0 Å². The molecule has 0 bridgehead atoms. The average Bonchev–Trinajstić information content (AvgIpc) is 2.41. The molecular formula is C14H26N2OS2. The lowest BCUT2D eigenvalue weighted by Crippen LogP contribution is -2.51. The molecule has 0 aromatic carbocycles. The number of hydrogen-bond acceptors (Lipinski definition) is 3. The molecule has 0 aromatic heterocycles. The van der Waals surface area contributed by atoms with Gasteiger partial charge in [-0.1, -0.05) is 26.1 Å². The standard InChI is InChI=1S/C14H26N2OS2/c1-4-14(5-2,12(15)18)13(17)16-10-6-8-11(19-3)9-7-10/h10-11H,4-9H2,1-3H3,(H2,15,18)(H,16,17). The third kappa shape index (κ3) is 3.85. The quantitative estimate of drug-likeness (QED) is 0.741. The predicted octanol–water partition coefficient (Wildman–Crippen LogP) is 2.87. The van der Waals surface area contributed by atoms with Gasteiger partial charge in [-0.3, -0.25) is 4.79 Å². The maximum atomic E-state index is 12.5. The molecular weight excluding hydrogens is 276 g/mol. The molecule has 0 saturated heterocycles. The maximum Gasteiger partial charge on any atom is 0.233 e. The van der Waals surface area contributed by atoms with E-state index in [1.165, 1.54) is 12.8 Å². The topological polar surface area (TPSA) is 55.1 Å². The van der Waals surface area contributed by atoms with Gasteiger partial charge in [0.25, 0.3) is 0 Å². The van der Waals surface area contributed by atoms with Crippen LogP contribution in [0.2, 0.25) is 0 Å². The third-order valence-corrected chi connectivity index (χ3v) is 5.98. The molecule has 1 aliphatic rings. The Hall–Kier alpha value is -0.290. The van der Waals surface area contributed by atoms with E-state index < -0.39 is 5.41 Å². The van der Waals surface area contributed by atoms with Crippen LogP contribution in [0.25, 0.3) is 0 Å². The van der Waals surface area contributed by atoms with Crippen molar-refractivity contribution in [3.8, 4) is 0 Å². The van der Waals surface area contributed by atoms with E-state index in [4.69, 9.17) is 18.0 Å². The largest absolute Gasteiger partial charge is 0.392 e. The SMILES string of the molecule is CCC(CC)(C(=O)NC1CCC(SC)CC1)C(N)=S. The van der Waals surface area contributed by atoms with E-state index in [2.05, 4.69) is 11.6 Å². The maximum absolute atomic E-state index is 12.5. The van der Waals surface area contributed by atoms with Gasteiger partial charge in [-0.25, -0.2) is 0 Å². The van der Waals surface area contributed by atoms with Crippen molar-refractivity contribution in [1.82, 2.24) is 5.32 Å². The van der Waals surface area contributed by atoms with Gasteiger partial charge in [0.1, 0.15) is 0 Å². The predicted molar refractivity (Wildman–Crippen MR) is 87.5 cm³/mol. The number of carbonyl (C=O) groups is 1. The lowest BCUT2D eigenvalue weighted by molar-refractivity contribution is -0.128. The third-order valence-electron chi connectivity index (χ3n) is 4.46. The van der Waals surface area contributed by atoms with Crippen molar-refractivity contribution in [2.24, 2.45) is 11.1 Å². The summed E-state index contributed by atoms with van der Waals surface area (Å²) >= 11 is 7.06. The second-order valence-corrected chi connectivity index (χ2v) is 6.91. The first-order valence-corrected chi connectivity index (χ1v) is 8.83. The van der Waals surface area contributed by atoms with Gasteiger partial charge in [0.05, 0.1) is 10.4 Å². The van der Waals surface area contributed by atoms with E-state index in [0.29, 0.717) is 23.9 Å². The zero-order valence-electron chi connectivity index (χ0n) is 12.2. The van der Waals surface area contributed by atoms with Crippen LogP contribution in [-0.2, 0) is 4.79 Å². The molecule has 0 unspecified atom stereocenters. The molecule has 0 spiro atoms. The monoisotopic (exact) mass is 302 g/mol. The van der Waals surface area contributed by atoms with Crippen molar-refractivity contribution in [2.75, 3.05) is 6.26 Å². The lowest BCUT2D eigenvalue weighted by Gasteiger charge is -2.34. The Labute approximate surface area is 126 Å². The van der Waals surface area contributed by atoms with Gasteiger partial charge in [0.15, 0.2) is 0 Å². The molecule has 1 amide bonds. The van der Waals surface area contributed by atoms with Crippen LogP contribution >= 0.6 is 24.0 Å². The van der Waals surface area contributed by atoms with E-state index in [1.807, 2.05) is 25.6 Å². The fourth-order valence-electron chi connectivity index (χ4n) is 2.80. The van der Waals surface area contributed by atoms with E-state index in [1.54, 1.807) is 0 Å². The van der Waals surface area contributed by atoms with Gasteiger partial charge >= 0.3 is 0 Å². The highest BCUT2D eigenvalue weighted by molar-refractivity contribution is 7.99. The van der Waals surface area contributed by atoms with Crippen molar-refractivity contribution in [3.05, 3.63) is 0 Å². The second kappa shape index (κ2) is 7.48. The summed E-state index contributed by atoms with van der Waals surface area (Å²) in [5, 5.41) is 3.93. The van der Waals surface area contributed by atoms with E-state index in [-0.39, 0.29) is 5.91 Å². The Morgan fingerprint density at radius 3 is 2.21 bits per heavy atom. The molecule has 110 valence electrons. The van der Waals surface area contributed by atoms with Crippen LogP contribution < -0.4 is 11.1 Å². The second-order valence-electron chi connectivity index (χ2n) is 5.34. The molecule has 0 aromatic rings. The fraction of sp³-hybridized carbons (Fsp3) is 0.857. The number of amides is 1. The number of nitrogens with two attached hydrogens (primary N) is 1. The van der Waals surface area contributed by atoms with Crippen molar-refractivity contribution in [2.45, 2.75) is 63.7 Å². The van der Waals surface area contributed by atoms with E-state index >= 15 is 0 Å². The number of thioether (sulfide) groups is 1. The smallest absolute Gasteiger partial charge is 0.233 e. The molecule has 19 heavy (non-hydrogen) atoms. The van der Waals surface area contributed by atoms with Crippen molar-refractivity contribution >= 4 is 34.9 Å². The normalized spacial score (nSPS) is 23.9. The van der Waals surface area contributed by atoms with Crippen LogP contribution in [0, 0.1) is 5.41 Å². The number of carbonyl (C=O) groups excluding carboxylic acids is 1. The van der Waals surface area contributed by atoms with Crippen molar-refractivity contribution in [3.63, 3.8) is 0 Å². The van der Waals surface area contributed by atoms with E-state index in [0.717, 1.165) is 18.1 Å². The zero-order valence-corrected chi connectivity index (χ0v) is 13.8. The van der Waals surface area contributed by atoms with Gasteiger partial charge in [-0.2, -0.15) is 11.8 Å². The van der Waals surface area contributed by atoms with Gasteiger partial charge in [0, 0.05) is 11.3 Å². The van der Waals surface area contributed by atoms with Crippen molar-refractivity contribution < 1.29 is 4.79 Å². The highest BCUT2D eigenvalue weighted by Gasteiger charge is 2.39. The molecule has 0 radical (unpaired) electrons. The minimum absolute atomic E-state index is 0.0256. The Bertz CT molecular complexity index is 321. The van der Waals surface area contributed by atoms with Gasteiger partial charge in [-0.05, 0) is 44.8 Å². The minimum Gasteiger partial charge on any atom is -0.392 e. The molecule has 1 aliphatic carbocycles. The summed E-state index contributed by atoms with van der Waals surface area (Å²) in [5.74, 6) is 0.0256. The highest BCUT2D eigenvalue weighted by Crippen LogP contribution is 2.30. The molecule has 5 heteroatoms. The number of hydrogen-bond donors (Lipinski definition) is 2. The summed E-state index contributed by atoms with van der Waals surface area (Å²) in [6.07, 6.45) is 8.01. The van der Waals surface area contributed by atoms with E-state index in [9.17, 15) is 4.79 Å². The van der Waals surface area contributed by atoms with Crippen molar-refractivity contribution in [1.29, 1.82) is 0 Å². The van der Waals surface area contributed by atoms with Crippen LogP contribution in [0.3, 0.4) is 0 Å². The van der Waals surface area contributed by atoms with Gasteiger partial charge in [0.2, 0.25) is 5.91 Å². The molecule has 0 atom stereocenters. The summed E-state index contributed by atoms with van der Waals surface area (Å²) in [6, 6.07) is 0.294. The summed E-state index contributed by atoms with van der Waals surface area (Å²) in [4.78, 5) is 12.8. The van der Waals surface area contributed by atoms with Crippen LogP contribution in [0.5, 0.6) is 0 Å². The van der Waals surface area contributed by atoms with Crippen LogP contribution in [-0.4, -0.2) is 28.4 Å². The zero-order chi connectivity index (χ0) is 14.5. The first kappa shape index (κ1) is 16.8. The average molecular weight is 303 g/mol. The minimum atomic E-state index is -0.661. The van der Waals surface area contributed by atoms with Crippen LogP contribution in [0.4, 0.5) is 0 Å². The van der Waals surface area contributed by atoms with Gasteiger partial charge < -0.3 is 11.1 Å². The summed E-state index contributed by atoms with van der Waals surface area (Å²) in [7, 11) is 0. The fourth-order valence-corrected chi connectivity index (χ4v) is 3.92. The van der Waals surface area contributed by atoms with Crippen LogP contribution in [0.1, 0.15) is 52.4 Å². The number of thiocarbonyl (C=S) groups is 1. The molecule has 3 nitrogen and oxygen atoms in total. The number of nitrogens with one attached hydrogen (secondary N) is 1. The molecule has 1 fully saturated rings. The Balaban J connectivity index is 2.61. The molecule has 0 heterocycles. The Kier molecular flexibility index (Phi) is 6.60.